The van der Waals surface area contributed by atoms with E-state index in [9.17, 15) is 9.59 Å². The van der Waals surface area contributed by atoms with E-state index in [0.29, 0.717) is 4.88 Å². The number of hydrogen-bond donors (Lipinski definition) is 3. The summed E-state index contributed by atoms with van der Waals surface area (Å²) in [6.07, 6.45) is 0. The van der Waals surface area contributed by atoms with Gasteiger partial charge in [0.2, 0.25) is 0 Å². The average Bonchev–Trinajstić information content (AvgIpc) is 3.34. The maximum Gasteiger partial charge on any atom is 0.284 e. The van der Waals surface area contributed by atoms with Crippen LogP contribution >= 0.6 is 22.7 Å². The summed E-state index contributed by atoms with van der Waals surface area (Å²) in [5.74, 6) is -0.142. The van der Waals surface area contributed by atoms with Crippen molar-refractivity contribution < 1.29 is 19.3 Å². The Morgan fingerprint density at radius 2 is 1.81 bits per heavy atom. The van der Waals surface area contributed by atoms with Gasteiger partial charge in [-0.1, -0.05) is 5.16 Å². The SMILES string of the molecule is Cc1noc(C)c1-c1ccc(C(C)NC(=O)c2ccc(C(=O)NO)s2)s1. The van der Waals surface area contributed by atoms with Crippen molar-refractivity contribution in [3.63, 3.8) is 0 Å². The van der Waals surface area contributed by atoms with Crippen LogP contribution in [0, 0.1) is 13.8 Å². The van der Waals surface area contributed by atoms with E-state index in [1.54, 1.807) is 22.9 Å². The van der Waals surface area contributed by atoms with E-state index in [-0.39, 0.29) is 16.8 Å². The number of carbonyl (C=O) groups excluding carboxylic acids is 2. The summed E-state index contributed by atoms with van der Waals surface area (Å²) in [4.78, 5) is 26.5. The summed E-state index contributed by atoms with van der Waals surface area (Å²) in [5, 5.41) is 15.5. The van der Waals surface area contributed by atoms with Gasteiger partial charge in [-0.05, 0) is 45.0 Å². The second-order valence-corrected chi connectivity index (χ2v) is 7.90. The second-order valence-electron chi connectivity index (χ2n) is 5.70. The molecule has 3 heterocycles. The van der Waals surface area contributed by atoms with Crippen LogP contribution in [0.5, 0.6) is 0 Å². The Kier molecular flexibility index (Phi) is 5.21. The highest BCUT2D eigenvalue weighted by atomic mass is 32.1. The lowest BCUT2D eigenvalue weighted by Crippen LogP contribution is -2.25. The van der Waals surface area contributed by atoms with Gasteiger partial charge in [0.25, 0.3) is 11.8 Å². The van der Waals surface area contributed by atoms with Crippen molar-refractivity contribution in [2.75, 3.05) is 0 Å². The van der Waals surface area contributed by atoms with Gasteiger partial charge in [0.05, 0.1) is 27.1 Å². The first kappa shape index (κ1) is 18.3. The van der Waals surface area contributed by atoms with Crippen LogP contribution in [0.15, 0.2) is 28.8 Å². The standard InChI is InChI=1S/C17H17N3O4S2/c1-8(18-16(21)13-6-7-14(26-13)17(22)19-23)11-4-5-12(25-11)15-9(2)20-24-10(15)3/h4-8,23H,1-3H3,(H,18,21)(H,19,22). The van der Waals surface area contributed by atoms with Gasteiger partial charge < -0.3 is 9.84 Å². The zero-order chi connectivity index (χ0) is 18.8. The van der Waals surface area contributed by atoms with E-state index in [1.807, 2.05) is 32.9 Å². The maximum atomic E-state index is 12.4. The molecule has 0 aliphatic heterocycles. The topological polar surface area (TPSA) is 104 Å². The van der Waals surface area contributed by atoms with E-state index >= 15 is 0 Å². The molecule has 9 heteroatoms. The van der Waals surface area contributed by atoms with Gasteiger partial charge in [0, 0.05) is 9.75 Å². The first-order valence-electron chi connectivity index (χ1n) is 7.78. The van der Waals surface area contributed by atoms with Gasteiger partial charge in [-0.2, -0.15) is 0 Å². The van der Waals surface area contributed by atoms with Crippen molar-refractivity contribution in [3.05, 3.63) is 50.4 Å². The summed E-state index contributed by atoms with van der Waals surface area (Å²) >= 11 is 2.59. The van der Waals surface area contributed by atoms with Crippen LogP contribution in [0.25, 0.3) is 10.4 Å². The largest absolute Gasteiger partial charge is 0.361 e. The molecule has 0 saturated carbocycles. The molecule has 3 N–H and O–H groups in total. The molecule has 1 atom stereocenters. The van der Waals surface area contributed by atoms with Crippen molar-refractivity contribution in [2.45, 2.75) is 26.8 Å². The molecule has 0 spiro atoms. The number of nitrogens with one attached hydrogen (secondary N) is 2. The Hall–Kier alpha value is -2.49. The van der Waals surface area contributed by atoms with Gasteiger partial charge in [0.15, 0.2) is 0 Å². The summed E-state index contributed by atoms with van der Waals surface area (Å²) in [5.41, 5.74) is 3.37. The van der Waals surface area contributed by atoms with Crippen LogP contribution in [-0.2, 0) is 0 Å². The first-order chi connectivity index (χ1) is 12.4. The van der Waals surface area contributed by atoms with Crippen molar-refractivity contribution in [1.82, 2.24) is 16.0 Å². The van der Waals surface area contributed by atoms with Gasteiger partial charge >= 0.3 is 0 Å². The van der Waals surface area contributed by atoms with Gasteiger partial charge in [-0.3, -0.25) is 14.8 Å². The van der Waals surface area contributed by atoms with Crippen LogP contribution < -0.4 is 10.8 Å². The summed E-state index contributed by atoms with van der Waals surface area (Å²) < 4.78 is 5.21. The molecule has 1 unspecified atom stereocenters. The number of hydroxylamine groups is 1. The molecular weight excluding hydrogens is 374 g/mol. The van der Waals surface area contributed by atoms with E-state index in [4.69, 9.17) is 9.73 Å². The molecule has 0 fully saturated rings. The van der Waals surface area contributed by atoms with Crippen LogP contribution in [0.3, 0.4) is 0 Å². The van der Waals surface area contributed by atoms with Crippen LogP contribution in [0.4, 0.5) is 0 Å². The second kappa shape index (κ2) is 7.40. The average molecular weight is 391 g/mol. The van der Waals surface area contributed by atoms with E-state index < -0.39 is 5.91 Å². The molecule has 0 bridgehead atoms. The Labute approximate surface area is 157 Å². The summed E-state index contributed by atoms with van der Waals surface area (Å²) in [7, 11) is 0. The molecule has 3 aromatic rings. The quantitative estimate of drug-likeness (QED) is 0.454. The van der Waals surface area contributed by atoms with Gasteiger partial charge in [-0.25, -0.2) is 5.48 Å². The highest BCUT2D eigenvalue weighted by molar-refractivity contribution is 7.16. The monoisotopic (exact) mass is 391 g/mol. The minimum atomic E-state index is -0.635. The van der Waals surface area contributed by atoms with Crippen molar-refractivity contribution in [1.29, 1.82) is 0 Å². The van der Waals surface area contributed by atoms with Crippen LogP contribution in [0.1, 0.15) is 48.6 Å². The number of aromatic nitrogens is 1. The minimum absolute atomic E-state index is 0.195. The van der Waals surface area contributed by atoms with Crippen LogP contribution in [0.2, 0.25) is 0 Å². The van der Waals surface area contributed by atoms with E-state index in [0.717, 1.165) is 38.1 Å². The van der Waals surface area contributed by atoms with Crippen molar-refractivity contribution in [2.24, 2.45) is 0 Å². The highest BCUT2D eigenvalue weighted by Gasteiger charge is 2.19. The van der Waals surface area contributed by atoms with Crippen molar-refractivity contribution in [3.8, 4) is 10.4 Å². The number of carbonyl (C=O) groups is 2. The number of amides is 2. The summed E-state index contributed by atoms with van der Waals surface area (Å²) in [6.45, 7) is 5.67. The molecule has 0 aliphatic carbocycles. The molecular formula is C17H17N3O4S2. The lowest BCUT2D eigenvalue weighted by molar-refractivity contribution is 0.0711. The smallest absolute Gasteiger partial charge is 0.284 e. The lowest BCUT2D eigenvalue weighted by atomic mass is 10.1. The normalized spacial score (nSPS) is 12.0. The molecule has 0 aliphatic rings. The molecule has 2 amide bonds. The number of aryl methyl sites for hydroxylation is 2. The Bertz CT molecular complexity index is 938. The van der Waals surface area contributed by atoms with E-state index in [2.05, 4.69) is 10.5 Å². The predicted octanol–water partition coefficient (Wildman–Crippen LogP) is 3.69. The number of rotatable bonds is 5. The molecule has 0 aromatic carbocycles. The first-order valence-corrected chi connectivity index (χ1v) is 9.42. The van der Waals surface area contributed by atoms with Crippen LogP contribution in [-0.4, -0.2) is 22.2 Å². The number of nitrogens with zero attached hydrogens (tertiary/aromatic N) is 1. The molecule has 0 radical (unpaired) electrons. The van der Waals surface area contributed by atoms with Gasteiger partial charge in [-0.15, -0.1) is 22.7 Å². The fourth-order valence-corrected chi connectivity index (χ4v) is 4.48. The molecule has 26 heavy (non-hydrogen) atoms. The third-order valence-electron chi connectivity index (χ3n) is 3.84. The summed E-state index contributed by atoms with van der Waals surface area (Å²) in [6, 6.07) is 6.82. The highest BCUT2D eigenvalue weighted by Crippen LogP contribution is 2.35. The Balaban J connectivity index is 1.72. The zero-order valence-electron chi connectivity index (χ0n) is 14.3. The third-order valence-corrected chi connectivity index (χ3v) is 6.20. The maximum absolute atomic E-state index is 12.4. The molecule has 136 valence electrons. The minimum Gasteiger partial charge on any atom is -0.361 e. The number of hydrogen-bond acceptors (Lipinski definition) is 7. The zero-order valence-corrected chi connectivity index (χ0v) is 16.0. The third kappa shape index (κ3) is 3.55. The predicted molar refractivity (Wildman–Crippen MR) is 98.7 cm³/mol. The molecule has 3 rings (SSSR count). The van der Waals surface area contributed by atoms with E-state index in [1.165, 1.54) is 6.07 Å². The number of thiophene rings is 2. The fourth-order valence-electron chi connectivity index (χ4n) is 2.53. The molecule has 3 aromatic heterocycles. The Morgan fingerprint density at radius 3 is 2.42 bits per heavy atom. The van der Waals surface area contributed by atoms with Crippen molar-refractivity contribution >= 4 is 34.5 Å². The molecule has 0 saturated heterocycles. The molecule has 7 nitrogen and oxygen atoms in total. The lowest BCUT2D eigenvalue weighted by Gasteiger charge is -2.11. The Morgan fingerprint density at radius 1 is 1.12 bits per heavy atom. The van der Waals surface area contributed by atoms with Gasteiger partial charge in [0.1, 0.15) is 5.76 Å². The fraction of sp³-hybridized carbons (Fsp3) is 0.235.